The average molecular weight is 263 g/mol. The van der Waals surface area contributed by atoms with Crippen molar-refractivity contribution in [1.29, 1.82) is 0 Å². The zero-order valence-electron chi connectivity index (χ0n) is 11.8. The number of aryl methyl sites for hydroxylation is 1. The van der Waals surface area contributed by atoms with Crippen LogP contribution in [0.4, 0.5) is 0 Å². The lowest BCUT2D eigenvalue weighted by Crippen LogP contribution is -2.46. The molecule has 2 fully saturated rings. The molecule has 2 aliphatic rings. The van der Waals surface area contributed by atoms with Crippen LogP contribution < -0.4 is 5.73 Å². The molecule has 2 aliphatic heterocycles. The van der Waals surface area contributed by atoms with E-state index >= 15 is 0 Å². The Kier molecular flexibility index (Phi) is 3.86. The third kappa shape index (κ3) is 3.16. The van der Waals surface area contributed by atoms with Crippen molar-refractivity contribution in [1.82, 2.24) is 19.6 Å². The molecule has 0 aromatic carbocycles. The van der Waals surface area contributed by atoms with Gasteiger partial charge >= 0.3 is 0 Å². The molecule has 1 aromatic rings. The first kappa shape index (κ1) is 13.1. The van der Waals surface area contributed by atoms with Crippen LogP contribution in [0.15, 0.2) is 12.3 Å². The van der Waals surface area contributed by atoms with Gasteiger partial charge in [0.2, 0.25) is 0 Å². The van der Waals surface area contributed by atoms with Crippen LogP contribution in [0.2, 0.25) is 0 Å². The highest BCUT2D eigenvalue weighted by Gasteiger charge is 2.29. The van der Waals surface area contributed by atoms with E-state index in [0.29, 0.717) is 6.04 Å². The minimum Gasteiger partial charge on any atom is -0.328 e. The van der Waals surface area contributed by atoms with E-state index in [-0.39, 0.29) is 0 Å². The van der Waals surface area contributed by atoms with Crippen LogP contribution in [0, 0.1) is 0 Å². The Bertz CT molecular complexity index is 408. The van der Waals surface area contributed by atoms with E-state index in [2.05, 4.69) is 21.0 Å². The summed E-state index contributed by atoms with van der Waals surface area (Å²) in [6.07, 6.45) is 5.64. The molecule has 5 nitrogen and oxygen atoms in total. The lowest BCUT2D eigenvalue weighted by Gasteiger charge is -2.34. The van der Waals surface area contributed by atoms with E-state index in [1.165, 1.54) is 38.3 Å². The molecule has 3 rings (SSSR count). The van der Waals surface area contributed by atoms with Gasteiger partial charge < -0.3 is 5.73 Å². The lowest BCUT2D eigenvalue weighted by molar-refractivity contribution is 0.151. The van der Waals surface area contributed by atoms with Gasteiger partial charge in [-0.15, -0.1) is 0 Å². The molecule has 0 saturated carbocycles. The molecule has 1 aromatic heterocycles. The Balaban J connectivity index is 1.50. The van der Waals surface area contributed by atoms with Crippen molar-refractivity contribution in [2.45, 2.75) is 37.9 Å². The minimum atomic E-state index is 0.433. The van der Waals surface area contributed by atoms with Crippen molar-refractivity contribution < 1.29 is 0 Å². The number of rotatable bonds is 3. The Labute approximate surface area is 115 Å². The molecule has 0 spiro atoms. The summed E-state index contributed by atoms with van der Waals surface area (Å²) in [5.41, 5.74) is 7.16. The van der Waals surface area contributed by atoms with E-state index in [4.69, 9.17) is 5.73 Å². The molecule has 0 bridgehead atoms. The molecule has 19 heavy (non-hydrogen) atoms. The summed E-state index contributed by atoms with van der Waals surface area (Å²) in [5, 5.41) is 4.47. The van der Waals surface area contributed by atoms with Crippen molar-refractivity contribution in [3.05, 3.63) is 18.0 Å². The predicted molar refractivity (Wildman–Crippen MR) is 75.7 cm³/mol. The van der Waals surface area contributed by atoms with E-state index in [0.717, 1.165) is 25.4 Å². The molecular weight excluding hydrogens is 238 g/mol. The Morgan fingerprint density at radius 2 is 2.05 bits per heavy atom. The third-order valence-corrected chi connectivity index (χ3v) is 4.49. The molecule has 3 heterocycles. The topological polar surface area (TPSA) is 50.3 Å². The van der Waals surface area contributed by atoms with Crippen LogP contribution in [-0.2, 0) is 13.6 Å². The fourth-order valence-electron chi connectivity index (χ4n) is 3.32. The number of likely N-dealkylation sites (tertiary alicyclic amines) is 2. The van der Waals surface area contributed by atoms with Crippen LogP contribution in [-0.4, -0.2) is 57.8 Å². The maximum absolute atomic E-state index is 5.98. The zero-order chi connectivity index (χ0) is 13.2. The second-order valence-corrected chi connectivity index (χ2v) is 6.03. The van der Waals surface area contributed by atoms with Crippen molar-refractivity contribution in [2.24, 2.45) is 12.8 Å². The summed E-state index contributed by atoms with van der Waals surface area (Å²) >= 11 is 0. The molecule has 0 amide bonds. The van der Waals surface area contributed by atoms with Gasteiger partial charge in [-0.25, -0.2) is 0 Å². The zero-order valence-corrected chi connectivity index (χ0v) is 11.8. The van der Waals surface area contributed by atoms with Gasteiger partial charge in [0.05, 0.1) is 5.69 Å². The van der Waals surface area contributed by atoms with Crippen LogP contribution in [0.5, 0.6) is 0 Å². The number of hydrogen-bond acceptors (Lipinski definition) is 4. The summed E-state index contributed by atoms with van der Waals surface area (Å²) in [7, 11) is 1.98. The van der Waals surface area contributed by atoms with Gasteiger partial charge in [-0.2, -0.15) is 5.10 Å². The maximum atomic E-state index is 5.98. The van der Waals surface area contributed by atoms with Crippen molar-refractivity contribution >= 4 is 0 Å². The smallest absolute Gasteiger partial charge is 0.0764 e. The highest BCUT2D eigenvalue weighted by Crippen LogP contribution is 2.21. The van der Waals surface area contributed by atoms with E-state index < -0.39 is 0 Å². The van der Waals surface area contributed by atoms with Crippen molar-refractivity contribution in [3.63, 3.8) is 0 Å². The highest BCUT2D eigenvalue weighted by molar-refractivity contribution is 5.00. The summed E-state index contributed by atoms with van der Waals surface area (Å²) in [6, 6.07) is 3.28. The number of aromatic nitrogens is 2. The van der Waals surface area contributed by atoms with Gasteiger partial charge in [0.1, 0.15) is 0 Å². The molecule has 1 unspecified atom stereocenters. The fourth-order valence-corrected chi connectivity index (χ4v) is 3.32. The SMILES string of the molecule is Cn1ccc(CN2CCC(N3CCC(N)CC3)C2)n1. The summed E-state index contributed by atoms with van der Waals surface area (Å²) < 4.78 is 1.88. The summed E-state index contributed by atoms with van der Waals surface area (Å²) in [6.45, 7) is 5.74. The largest absolute Gasteiger partial charge is 0.328 e. The number of piperidine rings is 1. The molecule has 1 atom stereocenters. The minimum absolute atomic E-state index is 0.433. The highest BCUT2D eigenvalue weighted by atomic mass is 15.3. The van der Waals surface area contributed by atoms with Gasteiger partial charge in [-0.05, 0) is 38.4 Å². The average Bonchev–Trinajstić information content (AvgIpc) is 3.00. The van der Waals surface area contributed by atoms with Crippen molar-refractivity contribution in [2.75, 3.05) is 26.2 Å². The first-order valence-electron chi connectivity index (χ1n) is 7.41. The lowest BCUT2D eigenvalue weighted by atomic mass is 10.0. The van der Waals surface area contributed by atoms with Gasteiger partial charge in [0.15, 0.2) is 0 Å². The molecule has 0 aliphatic carbocycles. The van der Waals surface area contributed by atoms with Crippen LogP contribution in [0.1, 0.15) is 25.0 Å². The predicted octanol–water partition coefficient (Wildman–Crippen LogP) is 0.418. The first-order chi connectivity index (χ1) is 9.20. The van der Waals surface area contributed by atoms with E-state index in [1.54, 1.807) is 0 Å². The Morgan fingerprint density at radius 1 is 1.26 bits per heavy atom. The van der Waals surface area contributed by atoms with Gasteiger partial charge in [-0.3, -0.25) is 14.5 Å². The molecule has 0 radical (unpaired) electrons. The normalized spacial score (nSPS) is 27.2. The van der Waals surface area contributed by atoms with Gasteiger partial charge in [-0.1, -0.05) is 0 Å². The van der Waals surface area contributed by atoms with E-state index in [1.807, 2.05) is 17.9 Å². The monoisotopic (exact) mass is 263 g/mol. The second kappa shape index (κ2) is 5.61. The number of hydrogen-bond donors (Lipinski definition) is 1. The third-order valence-electron chi connectivity index (χ3n) is 4.49. The van der Waals surface area contributed by atoms with Crippen LogP contribution in [0.25, 0.3) is 0 Å². The molecule has 5 heteroatoms. The van der Waals surface area contributed by atoms with Gasteiger partial charge in [0.25, 0.3) is 0 Å². The quantitative estimate of drug-likeness (QED) is 0.858. The summed E-state index contributed by atoms with van der Waals surface area (Å²) in [5.74, 6) is 0. The standard InChI is InChI=1S/C14H25N5/c1-17-6-4-13(16-17)10-18-7-5-14(11-18)19-8-2-12(15)3-9-19/h4,6,12,14H,2-3,5,7-11,15H2,1H3. The van der Waals surface area contributed by atoms with Crippen LogP contribution in [0.3, 0.4) is 0 Å². The number of nitrogens with two attached hydrogens (primary N) is 1. The fraction of sp³-hybridized carbons (Fsp3) is 0.786. The Morgan fingerprint density at radius 3 is 2.74 bits per heavy atom. The first-order valence-corrected chi connectivity index (χ1v) is 7.41. The molecule has 2 N–H and O–H groups in total. The Hall–Kier alpha value is -0.910. The molecule has 2 saturated heterocycles. The molecule has 106 valence electrons. The van der Waals surface area contributed by atoms with Crippen LogP contribution >= 0.6 is 0 Å². The second-order valence-electron chi connectivity index (χ2n) is 6.03. The molecular formula is C14H25N5. The summed E-state index contributed by atoms with van der Waals surface area (Å²) in [4.78, 5) is 5.17. The number of nitrogens with zero attached hydrogens (tertiary/aromatic N) is 4. The van der Waals surface area contributed by atoms with Gasteiger partial charge in [0, 0.05) is 45.0 Å². The van der Waals surface area contributed by atoms with Crippen molar-refractivity contribution in [3.8, 4) is 0 Å². The van der Waals surface area contributed by atoms with E-state index in [9.17, 15) is 0 Å². The maximum Gasteiger partial charge on any atom is 0.0764 e.